The molecule has 0 aliphatic heterocycles. The third kappa shape index (κ3) is 1.94. The highest BCUT2D eigenvalue weighted by Crippen LogP contribution is 2.38. The fourth-order valence-electron chi connectivity index (χ4n) is 1.38. The molecule has 0 bridgehead atoms. The predicted octanol–water partition coefficient (Wildman–Crippen LogP) is 1.86. The van der Waals surface area contributed by atoms with E-state index in [9.17, 15) is 5.11 Å². The number of ether oxygens (including phenoxy) is 1. The second kappa shape index (κ2) is 4.53. The number of halogens is 1. The van der Waals surface area contributed by atoms with Gasteiger partial charge in [0.25, 0.3) is 0 Å². The number of nitrogens with two attached hydrogens (primary N) is 1. The monoisotopic (exact) mass is 215 g/mol. The summed E-state index contributed by atoms with van der Waals surface area (Å²) in [6.45, 7) is 2.42. The normalized spacial score (nSPS) is 10.3. The molecule has 0 spiro atoms. The van der Waals surface area contributed by atoms with Gasteiger partial charge in [0.1, 0.15) is 0 Å². The van der Waals surface area contributed by atoms with Gasteiger partial charge in [-0.2, -0.15) is 0 Å². The Morgan fingerprint density at radius 1 is 1.57 bits per heavy atom. The Balaban J connectivity index is 3.26. The van der Waals surface area contributed by atoms with Crippen LogP contribution in [0.15, 0.2) is 6.07 Å². The first-order chi connectivity index (χ1) is 6.61. The molecule has 0 aromatic heterocycles. The van der Waals surface area contributed by atoms with Crippen molar-refractivity contribution >= 4 is 11.6 Å². The smallest absolute Gasteiger partial charge is 0.177 e. The molecule has 0 amide bonds. The van der Waals surface area contributed by atoms with Gasteiger partial charge < -0.3 is 15.6 Å². The molecule has 4 heteroatoms. The molecule has 0 radical (unpaired) electrons. The van der Waals surface area contributed by atoms with Crippen molar-refractivity contribution in [2.24, 2.45) is 5.73 Å². The summed E-state index contributed by atoms with van der Waals surface area (Å²) in [6.07, 6.45) is 0.655. The fourth-order valence-corrected chi connectivity index (χ4v) is 1.72. The van der Waals surface area contributed by atoms with Crippen molar-refractivity contribution in [3.63, 3.8) is 0 Å². The van der Waals surface area contributed by atoms with Gasteiger partial charge in [0.15, 0.2) is 11.5 Å². The molecule has 3 N–H and O–H groups in total. The molecule has 0 fully saturated rings. The highest BCUT2D eigenvalue weighted by Gasteiger charge is 2.13. The van der Waals surface area contributed by atoms with Crippen molar-refractivity contribution in [2.45, 2.75) is 13.3 Å². The lowest BCUT2D eigenvalue weighted by atomic mass is 10.0. The fraction of sp³-hybridized carbons (Fsp3) is 0.400. The lowest BCUT2D eigenvalue weighted by Crippen LogP contribution is -2.05. The van der Waals surface area contributed by atoms with Crippen LogP contribution in [0.1, 0.15) is 11.1 Å². The quantitative estimate of drug-likeness (QED) is 0.810. The Labute approximate surface area is 88.4 Å². The minimum Gasteiger partial charge on any atom is -0.503 e. The van der Waals surface area contributed by atoms with Crippen LogP contribution in [-0.4, -0.2) is 18.8 Å². The van der Waals surface area contributed by atoms with Gasteiger partial charge in [-0.05, 0) is 37.1 Å². The van der Waals surface area contributed by atoms with E-state index < -0.39 is 0 Å². The molecule has 14 heavy (non-hydrogen) atoms. The zero-order chi connectivity index (χ0) is 10.7. The molecule has 0 saturated heterocycles. The molecule has 0 saturated carbocycles. The van der Waals surface area contributed by atoms with Gasteiger partial charge in [-0.1, -0.05) is 11.6 Å². The summed E-state index contributed by atoms with van der Waals surface area (Å²) in [7, 11) is 1.49. The first-order valence-corrected chi connectivity index (χ1v) is 4.74. The van der Waals surface area contributed by atoms with Gasteiger partial charge >= 0.3 is 0 Å². The van der Waals surface area contributed by atoms with Crippen LogP contribution in [-0.2, 0) is 6.42 Å². The molecular formula is C10H14ClNO2. The zero-order valence-electron chi connectivity index (χ0n) is 8.30. The minimum atomic E-state index is -0.0109. The Morgan fingerprint density at radius 2 is 2.21 bits per heavy atom. The number of benzene rings is 1. The van der Waals surface area contributed by atoms with Gasteiger partial charge in [-0.15, -0.1) is 0 Å². The summed E-state index contributed by atoms with van der Waals surface area (Å²) < 4.78 is 4.97. The largest absolute Gasteiger partial charge is 0.503 e. The summed E-state index contributed by atoms with van der Waals surface area (Å²) in [4.78, 5) is 0. The number of rotatable bonds is 3. The van der Waals surface area contributed by atoms with E-state index in [1.807, 2.05) is 6.92 Å². The maximum Gasteiger partial charge on any atom is 0.177 e. The third-order valence-corrected chi connectivity index (χ3v) is 2.55. The Bertz CT molecular complexity index is 339. The van der Waals surface area contributed by atoms with Crippen molar-refractivity contribution in [1.82, 2.24) is 0 Å². The van der Waals surface area contributed by atoms with Crippen molar-refractivity contribution in [3.8, 4) is 11.5 Å². The van der Waals surface area contributed by atoms with E-state index in [0.717, 1.165) is 11.1 Å². The zero-order valence-corrected chi connectivity index (χ0v) is 9.06. The standard InChI is InChI=1S/C10H14ClNO2/c1-6-5-8(14-2)10(13)9(11)7(6)3-4-12/h5,13H,3-4,12H2,1-2H3. The van der Waals surface area contributed by atoms with Crippen LogP contribution in [0, 0.1) is 6.92 Å². The summed E-state index contributed by atoms with van der Waals surface area (Å²) >= 11 is 5.98. The van der Waals surface area contributed by atoms with Gasteiger partial charge in [0, 0.05) is 0 Å². The average Bonchev–Trinajstić information content (AvgIpc) is 2.18. The molecule has 0 unspecified atom stereocenters. The SMILES string of the molecule is COc1cc(C)c(CCN)c(Cl)c1O. The lowest BCUT2D eigenvalue weighted by molar-refractivity contribution is 0.373. The highest BCUT2D eigenvalue weighted by atomic mass is 35.5. The van der Waals surface area contributed by atoms with Crippen LogP contribution in [0.25, 0.3) is 0 Å². The molecule has 1 aromatic rings. The van der Waals surface area contributed by atoms with Gasteiger partial charge in [0.2, 0.25) is 0 Å². The average molecular weight is 216 g/mol. The van der Waals surface area contributed by atoms with Crippen LogP contribution >= 0.6 is 11.6 Å². The van der Waals surface area contributed by atoms with Crippen molar-refractivity contribution < 1.29 is 9.84 Å². The first-order valence-electron chi connectivity index (χ1n) is 4.36. The van der Waals surface area contributed by atoms with Gasteiger partial charge in [-0.3, -0.25) is 0 Å². The molecule has 1 rings (SSSR count). The minimum absolute atomic E-state index is 0.0109. The van der Waals surface area contributed by atoms with Gasteiger partial charge in [-0.25, -0.2) is 0 Å². The summed E-state index contributed by atoms with van der Waals surface area (Å²) in [6, 6.07) is 1.76. The second-order valence-electron chi connectivity index (χ2n) is 3.08. The van der Waals surface area contributed by atoms with E-state index >= 15 is 0 Å². The number of phenols is 1. The van der Waals surface area contributed by atoms with Crippen molar-refractivity contribution in [2.75, 3.05) is 13.7 Å². The number of hydrogen-bond donors (Lipinski definition) is 2. The molecule has 0 atom stereocenters. The van der Waals surface area contributed by atoms with Gasteiger partial charge in [0.05, 0.1) is 12.1 Å². The van der Waals surface area contributed by atoms with Crippen LogP contribution in [0.2, 0.25) is 5.02 Å². The predicted molar refractivity (Wildman–Crippen MR) is 57.2 cm³/mol. The summed E-state index contributed by atoms with van der Waals surface area (Å²) in [5, 5.41) is 9.97. The van der Waals surface area contributed by atoms with E-state index in [4.69, 9.17) is 22.1 Å². The van der Waals surface area contributed by atoms with E-state index in [-0.39, 0.29) is 5.75 Å². The maximum atomic E-state index is 9.63. The second-order valence-corrected chi connectivity index (χ2v) is 3.45. The van der Waals surface area contributed by atoms with E-state index in [0.29, 0.717) is 23.7 Å². The lowest BCUT2D eigenvalue weighted by Gasteiger charge is -2.12. The van der Waals surface area contributed by atoms with Crippen molar-refractivity contribution in [3.05, 3.63) is 22.2 Å². The number of methoxy groups -OCH3 is 1. The number of phenolic OH excluding ortho intramolecular Hbond substituents is 1. The molecule has 78 valence electrons. The molecule has 1 aromatic carbocycles. The number of aryl methyl sites for hydroxylation is 1. The van der Waals surface area contributed by atoms with Crippen LogP contribution in [0.3, 0.4) is 0 Å². The topological polar surface area (TPSA) is 55.5 Å². The summed E-state index contributed by atoms with van der Waals surface area (Å²) in [5.41, 5.74) is 7.31. The van der Waals surface area contributed by atoms with E-state index in [2.05, 4.69) is 0 Å². The molecule has 0 aliphatic carbocycles. The summed E-state index contributed by atoms with van der Waals surface area (Å²) in [5.74, 6) is 0.386. The van der Waals surface area contributed by atoms with Crippen molar-refractivity contribution in [1.29, 1.82) is 0 Å². The third-order valence-electron chi connectivity index (χ3n) is 2.14. The Hall–Kier alpha value is -0.930. The van der Waals surface area contributed by atoms with E-state index in [1.165, 1.54) is 7.11 Å². The highest BCUT2D eigenvalue weighted by molar-refractivity contribution is 6.33. The number of hydrogen-bond acceptors (Lipinski definition) is 3. The van der Waals surface area contributed by atoms with Crippen LogP contribution < -0.4 is 10.5 Å². The van der Waals surface area contributed by atoms with E-state index in [1.54, 1.807) is 6.07 Å². The Morgan fingerprint density at radius 3 is 2.71 bits per heavy atom. The molecule has 3 nitrogen and oxygen atoms in total. The molecular weight excluding hydrogens is 202 g/mol. The number of aromatic hydroxyl groups is 1. The van der Waals surface area contributed by atoms with Crippen LogP contribution in [0.4, 0.5) is 0 Å². The molecule has 0 aliphatic rings. The molecule has 0 heterocycles. The first kappa shape index (κ1) is 11.1. The Kier molecular flexibility index (Phi) is 3.61. The maximum absolute atomic E-state index is 9.63. The van der Waals surface area contributed by atoms with Crippen LogP contribution in [0.5, 0.6) is 11.5 Å².